The number of likely N-dealkylation sites (tertiary alicyclic amines) is 1. The van der Waals surface area contributed by atoms with Crippen molar-refractivity contribution in [2.75, 3.05) is 31.1 Å². The molecule has 1 aromatic carbocycles. The number of rotatable bonds is 6. The fourth-order valence-corrected chi connectivity index (χ4v) is 4.91. The van der Waals surface area contributed by atoms with Crippen LogP contribution in [0.1, 0.15) is 49.7 Å². The summed E-state index contributed by atoms with van der Waals surface area (Å²) in [4.78, 5) is 17.5. The van der Waals surface area contributed by atoms with Gasteiger partial charge in [0.25, 0.3) is 0 Å². The number of hydrogen-bond acceptors (Lipinski definition) is 6. The first-order valence-corrected chi connectivity index (χ1v) is 12.2. The molecule has 0 bridgehead atoms. The molecular formula is C25H33N7O. The number of nitrogens with zero attached hydrogens (tertiary/aromatic N) is 6. The number of amides is 1. The Balaban J connectivity index is 1.07. The average molecular weight is 448 g/mol. The van der Waals surface area contributed by atoms with Crippen LogP contribution in [0.2, 0.25) is 0 Å². The summed E-state index contributed by atoms with van der Waals surface area (Å²) in [5, 5.41) is 15.6. The number of carbonyl (C=O) groups excluding carboxylic acids is 1. The van der Waals surface area contributed by atoms with Crippen LogP contribution in [0.4, 0.5) is 5.82 Å². The van der Waals surface area contributed by atoms with Crippen molar-refractivity contribution in [3.05, 3.63) is 53.9 Å². The van der Waals surface area contributed by atoms with E-state index in [-0.39, 0.29) is 11.8 Å². The molecule has 5 rings (SSSR count). The van der Waals surface area contributed by atoms with Crippen LogP contribution in [-0.4, -0.2) is 56.8 Å². The Morgan fingerprint density at radius 2 is 1.64 bits per heavy atom. The summed E-state index contributed by atoms with van der Waals surface area (Å²) in [5.74, 6) is 1.12. The van der Waals surface area contributed by atoms with Gasteiger partial charge in [-0.3, -0.25) is 9.69 Å². The Hall–Kier alpha value is -3.00. The van der Waals surface area contributed by atoms with Crippen molar-refractivity contribution in [3.63, 3.8) is 0 Å². The Morgan fingerprint density at radius 1 is 0.909 bits per heavy atom. The topological polar surface area (TPSA) is 78.7 Å². The molecule has 2 aliphatic heterocycles. The first-order chi connectivity index (χ1) is 16.2. The van der Waals surface area contributed by atoms with Gasteiger partial charge in [-0.2, -0.15) is 4.52 Å². The summed E-state index contributed by atoms with van der Waals surface area (Å²) < 4.78 is 1.69. The fraction of sp³-hybridized carbons (Fsp3) is 0.520. The van der Waals surface area contributed by atoms with E-state index in [0.29, 0.717) is 6.54 Å². The van der Waals surface area contributed by atoms with Crippen LogP contribution in [-0.2, 0) is 17.9 Å². The van der Waals surface area contributed by atoms with Crippen molar-refractivity contribution in [3.8, 4) is 0 Å². The molecule has 2 saturated heterocycles. The fourth-order valence-electron chi connectivity index (χ4n) is 4.91. The van der Waals surface area contributed by atoms with Gasteiger partial charge < -0.3 is 10.2 Å². The normalized spacial score (nSPS) is 18.4. The lowest BCUT2D eigenvalue weighted by atomic mass is 9.96. The van der Waals surface area contributed by atoms with Crippen LogP contribution >= 0.6 is 0 Å². The Labute approximate surface area is 195 Å². The third kappa shape index (κ3) is 5.50. The van der Waals surface area contributed by atoms with Gasteiger partial charge in [0, 0.05) is 32.1 Å². The van der Waals surface area contributed by atoms with Gasteiger partial charge in [-0.05, 0) is 62.0 Å². The molecule has 3 aromatic rings. The summed E-state index contributed by atoms with van der Waals surface area (Å²) in [6.07, 6.45) is 8.65. The van der Waals surface area contributed by atoms with Crippen LogP contribution in [0, 0.1) is 5.92 Å². The van der Waals surface area contributed by atoms with Crippen LogP contribution in [0.15, 0.2) is 42.7 Å². The van der Waals surface area contributed by atoms with E-state index in [2.05, 4.69) is 54.7 Å². The molecule has 8 heteroatoms. The number of piperidine rings is 1. The van der Waals surface area contributed by atoms with Gasteiger partial charge in [-0.1, -0.05) is 37.1 Å². The molecule has 0 unspecified atom stereocenters. The number of fused-ring (bicyclic) bond motifs is 1. The van der Waals surface area contributed by atoms with Crippen molar-refractivity contribution < 1.29 is 4.79 Å². The second kappa shape index (κ2) is 10.3. The predicted octanol–water partition coefficient (Wildman–Crippen LogP) is 3.03. The van der Waals surface area contributed by atoms with E-state index in [1.54, 1.807) is 10.8 Å². The summed E-state index contributed by atoms with van der Waals surface area (Å²) >= 11 is 0. The Morgan fingerprint density at radius 3 is 2.39 bits per heavy atom. The summed E-state index contributed by atoms with van der Waals surface area (Å²) in [7, 11) is 0. The first kappa shape index (κ1) is 21.8. The minimum absolute atomic E-state index is 0.0576. The van der Waals surface area contributed by atoms with E-state index in [1.165, 1.54) is 44.3 Å². The zero-order valence-electron chi connectivity index (χ0n) is 19.2. The molecule has 33 heavy (non-hydrogen) atoms. The van der Waals surface area contributed by atoms with Gasteiger partial charge in [-0.25, -0.2) is 0 Å². The molecule has 0 saturated carbocycles. The summed E-state index contributed by atoms with van der Waals surface area (Å²) in [5.41, 5.74) is 3.26. The maximum Gasteiger partial charge on any atom is 0.223 e. The van der Waals surface area contributed by atoms with Crippen LogP contribution in [0.3, 0.4) is 0 Å². The minimum atomic E-state index is 0.0576. The zero-order valence-corrected chi connectivity index (χ0v) is 19.2. The van der Waals surface area contributed by atoms with E-state index in [9.17, 15) is 4.79 Å². The molecule has 0 aliphatic carbocycles. The van der Waals surface area contributed by atoms with E-state index in [4.69, 9.17) is 0 Å². The van der Waals surface area contributed by atoms with E-state index in [0.717, 1.165) is 49.5 Å². The SMILES string of the molecule is O=C(NCc1ccc(CN2CCCCCC2)cc1)C1CCN(c2ccc3nncn3n2)CC1. The van der Waals surface area contributed by atoms with Crippen LogP contribution in [0.5, 0.6) is 0 Å². The van der Waals surface area contributed by atoms with Gasteiger partial charge in [0.05, 0.1) is 0 Å². The van der Waals surface area contributed by atoms with E-state index in [1.807, 2.05) is 12.1 Å². The monoisotopic (exact) mass is 447 g/mol. The minimum Gasteiger partial charge on any atom is -0.355 e. The molecule has 8 nitrogen and oxygen atoms in total. The molecule has 4 heterocycles. The molecule has 0 radical (unpaired) electrons. The predicted molar refractivity (Wildman–Crippen MR) is 128 cm³/mol. The number of benzene rings is 1. The summed E-state index contributed by atoms with van der Waals surface area (Å²) in [6, 6.07) is 12.6. The van der Waals surface area contributed by atoms with Gasteiger partial charge in [0.2, 0.25) is 5.91 Å². The van der Waals surface area contributed by atoms with E-state index >= 15 is 0 Å². The van der Waals surface area contributed by atoms with Crippen molar-refractivity contribution in [2.24, 2.45) is 5.92 Å². The number of anilines is 1. The van der Waals surface area contributed by atoms with Crippen molar-refractivity contribution in [1.29, 1.82) is 0 Å². The number of hydrogen-bond donors (Lipinski definition) is 1. The average Bonchev–Trinajstić information content (AvgIpc) is 3.18. The van der Waals surface area contributed by atoms with Crippen molar-refractivity contribution in [2.45, 2.75) is 51.6 Å². The number of nitrogens with one attached hydrogen (secondary N) is 1. The standard InChI is InChI=1S/C25H33N7O/c33-25(22-11-15-31(16-12-22)24-10-9-23-28-27-19-32(23)29-24)26-17-20-5-7-21(8-6-20)18-30-13-3-1-2-4-14-30/h5-10,19,22H,1-4,11-18H2,(H,26,33). The molecule has 2 aliphatic rings. The second-order valence-electron chi connectivity index (χ2n) is 9.31. The molecule has 1 amide bonds. The molecule has 2 aromatic heterocycles. The quantitative estimate of drug-likeness (QED) is 0.626. The highest BCUT2D eigenvalue weighted by Gasteiger charge is 2.25. The lowest BCUT2D eigenvalue weighted by Crippen LogP contribution is -2.40. The van der Waals surface area contributed by atoms with E-state index < -0.39 is 0 Å². The maximum atomic E-state index is 12.7. The highest BCUT2D eigenvalue weighted by atomic mass is 16.1. The lowest BCUT2D eigenvalue weighted by molar-refractivity contribution is -0.125. The third-order valence-corrected chi connectivity index (χ3v) is 6.93. The number of aromatic nitrogens is 4. The van der Waals surface area contributed by atoms with Crippen LogP contribution < -0.4 is 10.2 Å². The summed E-state index contributed by atoms with van der Waals surface area (Å²) in [6.45, 7) is 5.69. The van der Waals surface area contributed by atoms with Gasteiger partial charge >= 0.3 is 0 Å². The second-order valence-corrected chi connectivity index (χ2v) is 9.31. The molecule has 174 valence electrons. The number of carbonyl (C=O) groups is 1. The molecule has 1 N–H and O–H groups in total. The highest BCUT2D eigenvalue weighted by molar-refractivity contribution is 5.79. The largest absolute Gasteiger partial charge is 0.355 e. The first-order valence-electron chi connectivity index (χ1n) is 12.2. The van der Waals surface area contributed by atoms with Gasteiger partial charge in [0.15, 0.2) is 5.65 Å². The molecule has 2 fully saturated rings. The molecule has 0 spiro atoms. The third-order valence-electron chi connectivity index (χ3n) is 6.93. The lowest BCUT2D eigenvalue weighted by Gasteiger charge is -2.32. The van der Waals surface area contributed by atoms with Gasteiger partial charge in [0.1, 0.15) is 12.1 Å². The van der Waals surface area contributed by atoms with Crippen molar-refractivity contribution in [1.82, 2.24) is 30.0 Å². The Kier molecular flexibility index (Phi) is 6.81. The smallest absolute Gasteiger partial charge is 0.223 e. The molecule has 0 atom stereocenters. The molecular weight excluding hydrogens is 414 g/mol. The zero-order chi connectivity index (χ0) is 22.5. The van der Waals surface area contributed by atoms with Gasteiger partial charge in [-0.15, -0.1) is 15.3 Å². The highest BCUT2D eigenvalue weighted by Crippen LogP contribution is 2.22. The van der Waals surface area contributed by atoms with Crippen LogP contribution in [0.25, 0.3) is 5.65 Å². The maximum absolute atomic E-state index is 12.7. The van der Waals surface area contributed by atoms with Crippen molar-refractivity contribution >= 4 is 17.4 Å². The Bertz CT molecular complexity index is 1050.